The summed E-state index contributed by atoms with van der Waals surface area (Å²) >= 11 is 6.84. The van der Waals surface area contributed by atoms with E-state index < -0.39 is 0 Å². The Morgan fingerprint density at radius 1 is 1.30 bits per heavy atom. The number of benzene rings is 1. The molecule has 0 atom stereocenters. The Bertz CT molecular complexity index is 772. The molecule has 20 heavy (non-hydrogen) atoms. The number of halogens is 2. The van der Waals surface area contributed by atoms with Crippen molar-refractivity contribution in [2.75, 3.05) is 12.4 Å². The molecule has 0 fully saturated rings. The zero-order chi connectivity index (χ0) is 14.1. The summed E-state index contributed by atoms with van der Waals surface area (Å²) in [4.78, 5) is 8.72. The lowest BCUT2D eigenvalue weighted by Crippen LogP contribution is -2.00. The minimum atomic E-state index is 0.653. The molecule has 0 bridgehead atoms. The van der Waals surface area contributed by atoms with Crippen molar-refractivity contribution in [1.29, 1.82) is 0 Å². The normalized spacial score (nSPS) is 10.8. The molecule has 2 heterocycles. The smallest absolute Gasteiger partial charge is 0.180 e. The van der Waals surface area contributed by atoms with Crippen LogP contribution in [0, 0.1) is 0 Å². The van der Waals surface area contributed by atoms with Crippen LogP contribution in [-0.4, -0.2) is 21.5 Å². The number of rotatable bonds is 3. The number of fused-ring (bicyclic) bond motifs is 1. The summed E-state index contributed by atoms with van der Waals surface area (Å²) in [5, 5.41) is 3.25. The Morgan fingerprint density at radius 3 is 2.95 bits per heavy atom. The van der Waals surface area contributed by atoms with Gasteiger partial charge in [0.15, 0.2) is 11.5 Å². The van der Waals surface area contributed by atoms with E-state index in [1.165, 1.54) is 0 Å². The largest absolute Gasteiger partial charge is 0.495 e. The van der Waals surface area contributed by atoms with E-state index in [0.29, 0.717) is 5.82 Å². The number of nitrogens with zero attached hydrogens (tertiary/aromatic N) is 3. The first-order chi connectivity index (χ1) is 9.67. The molecule has 0 saturated heterocycles. The van der Waals surface area contributed by atoms with E-state index in [1.807, 2.05) is 35.0 Å². The molecule has 2 aromatic heterocycles. The first kappa shape index (κ1) is 13.4. The van der Waals surface area contributed by atoms with Gasteiger partial charge in [0, 0.05) is 23.1 Å². The summed E-state index contributed by atoms with van der Waals surface area (Å²) in [7, 11) is 1.63. The van der Waals surface area contributed by atoms with Crippen LogP contribution < -0.4 is 10.1 Å². The van der Waals surface area contributed by atoms with Crippen molar-refractivity contribution in [3.05, 3.63) is 45.9 Å². The molecular weight excluding hydrogens is 388 g/mol. The Hall–Kier alpha value is -1.60. The molecule has 1 aromatic carbocycles. The summed E-state index contributed by atoms with van der Waals surface area (Å²) in [5.74, 6) is 1.39. The van der Waals surface area contributed by atoms with Crippen LogP contribution in [0.5, 0.6) is 5.75 Å². The van der Waals surface area contributed by atoms with Gasteiger partial charge >= 0.3 is 0 Å². The maximum atomic E-state index is 5.35. The molecule has 1 N–H and O–H groups in total. The monoisotopic (exact) mass is 396 g/mol. The number of nitrogens with one attached hydrogen (secondary N) is 1. The lowest BCUT2D eigenvalue weighted by molar-refractivity contribution is 0.416. The predicted molar refractivity (Wildman–Crippen MR) is 84.7 cm³/mol. The maximum absolute atomic E-state index is 5.35. The van der Waals surface area contributed by atoms with E-state index in [4.69, 9.17) is 4.74 Å². The van der Waals surface area contributed by atoms with E-state index in [9.17, 15) is 0 Å². The number of aromatic nitrogens is 3. The van der Waals surface area contributed by atoms with Crippen molar-refractivity contribution in [2.24, 2.45) is 0 Å². The molecule has 0 aliphatic rings. The fraction of sp³-hybridized carbons (Fsp3) is 0.0769. The Labute approximate surface area is 132 Å². The van der Waals surface area contributed by atoms with Gasteiger partial charge in [0.2, 0.25) is 0 Å². The predicted octanol–water partition coefficient (Wildman–Crippen LogP) is 4.01. The van der Waals surface area contributed by atoms with E-state index in [1.54, 1.807) is 13.3 Å². The summed E-state index contributed by atoms with van der Waals surface area (Å²) in [6.07, 6.45) is 5.45. The number of ether oxygens (including phenoxy) is 1. The average molecular weight is 398 g/mol. The third kappa shape index (κ3) is 2.51. The summed E-state index contributed by atoms with van der Waals surface area (Å²) in [6, 6.07) is 5.73. The minimum absolute atomic E-state index is 0.653. The van der Waals surface area contributed by atoms with Gasteiger partial charge in [-0.3, -0.25) is 0 Å². The molecule has 0 spiro atoms. The lowest BCUT2D eigenvalue weighted by Gasteiger charge is -2.12. The highest BCUT2D eigenvalue weighted by Gasteiger charge is 2.10. The highest BCUT2D eigenvalue weighted by molar-refractivity contribution is 9.10. The molecule has 5 nitrogen and oxygen atoms in total. The zero-order valence-electron chi connectivity index (χ0n) is 10.5. The van der Waals surface area contributed by atoms with Crippen molar-refractivity contribution < 1.29 is 4.74 Å². The summed E-state index contributed by atoms with van der Waals surface area (Å²) in [6.45, 7) is 0. The molecule has 0 unspecified atom stereocenters. The van der Waals surface area contributed by atoms with Gasteiger partial charge in [0.05, 0.1) is 12.8 Å². The van der Waals surface area contributed by atoms with E-state index in [0.717, 1.165) is 26.2 Å². The van der Waals surface area contributed by atoms with Crippen LogP contribution in [0.1, 0.15) is 0 Å². The minimum Gasteiger partial charge on any atom is -0.495 e. The molecule has 0 saturated carbocycles. The fourth-order valence-electron chi connectivity index (χ4n) is 1.89. The third-order valence-electron chi connectivity index (χ3n) is 2.76. The van der Waals surface area contributed by atoms with Crippen LogP contribution in [0.3, 0.4) is 0 Å². The van der Waals surface area contributed by atoms with Crippen LogP contribution in [0.25, 0.3) is 5.65 Å². The second-order valence-electron chi connectivity index (χ2n) is 4.04. The van der Waals surface area contributed by atoms with Gasteiger partial charge in [-0.2, -0.15) is 0 Å². The number of anilines is 2. The number of hydrogen-bond donors (Lipinski definition) is 1. The Morgan fingerprint density at radius 2 is 2.15 bits per heavy atom. The second kappa shape index (κ2) is 5.41. The highest BCUT2D eigenvalue weighted by Crippen LogP contribution is 2.31. The van der Waals surface area contributed by atoms with Gasteiger partial charge in [0.25, 0.3) is 0 Å². The van der Waals surface area contributed by atoms with E-state index in [-0.39, 0.29) is 0 Å². The molecule has 3 rings (SSSR count). The Kier molecular flexibility index (Phi) is 3.62. The SMILES string of the molecule is COc1ccc(Br)cc1Nc1nc(Br)cn2ccnc12. The molecule has 7 heteroatoms. The van der Waals surface area contributed by atoms with Gasteiger partial charge in [0.1, 0.15) is 10.4 Å². The van der Waals surface area contributed by atoms with Crippen LogP contribution in [0.15, 0.2) is 45.9 Å². The zero-order valence-corrected chi connectivity index (χ0v) is 13.6. The van der Waals surface area contributed by atoms with Crippen LogP contribution in [0.2, 0.25) is 0 Å². The number of imidazole rings is 1. The first-order valence-electron chi connectivity index (χ1n) is 5.77. The van der Waals surface area contributed by atoms with Crippen LogP contribution in [0.4, 0.5) is 11.5 Å². The molecule has 102 valence electrons. The van der Waals surface area contributed by atoms with E-state index >= 15 is 0 Å². The number of methoxy groups -OCH3 is 1. The first-order valence-corrected chi connectivity index (χ1v) is 7.36. The molecule has 0 radical (unpaired) electrons. The standard InChI is InChI=1S/C13H10Br2N4O/c1-20-10-3-2-8(14)6-9(10)17-12-13-16-4-5-19(13)7-11(15)18-12/h2-7H,1H3,(H,17,18). The average Bonchev–Trinajstić information content (AvgIpc) is 2.87. The molecule has 0 amide bonds. The van der Waals surface area contributed by atoms with Crippen molar-refractivity contribution in [2.45, 2.75) is 0 Å². The van der Waals surface area contributed by atoms with Crippen LogP contribution >= 0.6 is 31.9 Å². The van der Waals surface area contributed by atoms with Gasteiger partial charge < -0.3 is 14.5 Å². The summed E-state index contributed by atoms with van der Waals surface area (Å²) in [5.41, 5.74) is 1.56. The fourth-order valence-corrected chi connectivity index (χ4v) is 2.65. The highest BCUT2D eigenvalue weighted by atomic mass is 79.9. The molecule has 3 aromatic rings. The van der Waals surface area contributed by atoms with Gasteiger partial charge in [-0.25, -0.2) is 9.97 Å². The van der Waals surface area contributed by atoms with E-state index in [2.05, 4.69) is 47.1 Å². The van der Waals surface area contributed by atoms with Crippen molar-refractivity contribution in [1.82, 2.24) is 14.4 Å². The Balaban J connectivity index is 2.09. The summed E-state index contributed by atoms with van der Waals surface area (Å²) < 4.78 is 8.91. The molecule has 0 aliphatic heterocycles. The van der Waals surface area contributed by atoms with Gasteiger partial charge in [-0.05, 0) is 34.1 Å². The molecular formula is C13H10Br2N4O. The van der Waals surface area contributed by atoms with Crippen molar-refractivity contribution >= 4 is 49.0 Å². The lowest BCUT2D eigenvalue weighted by atomic mass is 10.3. The number of hydrogen-bond acceptors (Lipinski definition) is 4. The van der Waals surface area contributed by atoms with Crippen molar-refractivity contribution in [3.63, 3.8) is 0 Å². The van der Waals surface area contributed by atoms with Gasteiger partial charge in [-0.1, -0.05) is 15.9 Å². The molecule has 0 aliphatic carbocycles. The topological polar surface area (TPSA) is 51.5 Å². The van der Waals surface area contributed by atoms with Crippen LogP contribution in [-0.2, 0) is 0 Å². The second-order valence-corrected chi connectivity index (χ2v) is 5.77. The van der Waals surface area contributed by atoms with Crippen molar-refractivity contribution in [3.8, 4) is 5.75 Å². The van der Waals surface area contributed by atoms with Gasteiger partial charge in [-0.15, -0.1) is 0 Å². The maximum Gasteiger partial charge on any atom is 0.180 e. The quantitative estimate of drug-likeness (QED) is 0.725. The third-order valence-corrected chi connectivity index (χ3v) is 3.63.